The third-order valence-electron chi connectivity index (χ3n) is 0. The van der Waals surface area contributed by atoms with Gasteiger partial charge in [-0.1, -0.05) is 0 Å². The van der Waals surface area contributed by atoms with Crippen LogP contribution in [-0.4, -0.2) is 13.6 Å². The second-order valence-corrected chi connectivity index (χ2v) is 0. The first kappa shape index (κ1) is 32.7. The summed E-state index contributed by atoms with van der Waals surface area (Å²) < 4.78 is 0. The fourth-order valence-electron chi connectivity index (χ4n) is 0. The molecular weight excluding hydrogens is 171 g/mol. The van der Waals surface area contributed by atoms with Crippen LogP contribution in [0.3, 0.4) is 0 Å². The topological polar surface area (TPSA) is 34.1 Å². The molecule has 0 unspecified atom stereocenters. The van der Waals surface area contributed by atoms with E-state index in [-0.39, 0.29) is 33.8 Å². The van der Waals surface area contributed by atoms with Crippen LogP contribution in [0.4, 0.5) is 0 Å². The Morgan fingerprint density at radius 1 is 0.833 bits per heavy atom. The first-order valence-corrected chi connectivity index (χ1v) is 0.471. The Kier molecular flexibility index (Phi) is 4170. The maximum atomic E-state index is 7.75. The van der Waals surface area contributed by atoms with E-state index < -0.39 is 0 Å². The van der Waals surface area contributed by atoms with Crippen LogP contribution >= 0.6 is 0 Å². The van der Waals surface area contributed by atoms with Crippen molar-refractivity contribution in [2.75, 3.05) is 0 Å². The summed E-state index contributed by atoms with van der Waals surface area (Å²) in [7, 11) is 0. The van der Waals surface area contributed by atoms with Gasteiger partial charge < -0.3 is 9.59 Å². The molecule has 0 rings (SSSR count). The molecule has 0 saturated carbocycles. The molecule has 39 valence electrons. The zero-order valence-corrected chi connectivity index (χ0v) is 4.80. The van der Waals surface area contributed by atoms with Crippen molar-refractivity contribution in [1.29, 1.82) is 0 Å². The van der Waals surface area contributed by atoms with Crippen molar-refractivity contribution in [2.24, 2.45) is 0 Å². The van der Waals surface area contributed by atoms with E-state index in [4.69, 9.17) is 9.59 Å². The van der Waals surface area contributed by atoms with E-state index >= 15 is 0 Å². The maximum Gasteiger partial charge on any atom is 2.00 e. The molecule has 0 heterocycles. The van der Waals surface area contributed by atoms with Crippen molar-refractivity contribution in [3.63, 3.8) is 0 Å². The van der Waals surface area contributed by atoms with Crippen LogP contribution < -0.4 is 0 Å². The maximum absolute atomic E-state index is 7.75. The van der Waals surface area contributed by atoms with Gasteiger partial charge in [-0.05, 0) is 0 Å². The van der Waals surface area contributed by atoms with Gasteiger partial charge >= 0.3 is 17.1 Å². The van der Waals surface area contributed by atoms with Gasteiger partial charge in [-0.25, -0.2) is 0 Å². The van der Waals surface area contributed by atoms with Gasteiger partial charge in [0.15, 0.2) is 0 Å². The Bertz CT molecular complexity index is 13.5. The van der Waals surface area contributed by atoms with Crippen LogP contribution in [0.25, 0.3) is 0 Å². The summed E-state index contributed by atoms with van der Waals surface area (Å²) >= 11 is 0. The zero-order valence-electron chi connectivity index (χ0n) is 2.66. The standard InChI is InChI=1S/2CHO.Co.Fe/c2*1-2;;/h2*1H;;/q2*-1;;+2. The Labute approximate surface area is 57.3 Å². The molecule has 0 aliphatic carbocycles. The average molecular weight is 173 g/mol. The third-order valence-corrected chi connectivity index (χ3v) is 0. The van der Waals surface area contributed by atoms with Crippen molar-refractivity contribution in [2.45, 2.75) is 0 Å². The van der Waals surface area contributed by atoms with Gasteiger partial charge in [0.2, 0.25) is 0 Å². The molecule has 6 heavy (non-hydrogen) atoms. The van der Waals surface area contributed by atoms with Crippen molar-refractivity contribution >= 4 is 13.6 Å². The van der Waals surface area contributed by atoms with Gasteiger partial charge in [0.25, 0.3) is 0 Å². The molecule has 0 spiro atoms. The Morgan fingerprint density at radius 2 is 0.833 bits per heavy atom. The summed E-state index contributed by atoms with van der Waals surface area (Å²) in [6.07, 6.45) is 0. The number of rotatable bonds is 0. The average Bonchev–Trinajstić information content (AvgIpc) is 1.50. The first-order chi connectivity index (χ1) is 2.00. The molecule has 2 nitrogen and oxygen atoms in total. The second-order valence-electron chi connectivity index (χ2n) is 0. The fourth-order valence-corrected chi connectivity index (χ4v) is 0. The van der Waals surface area contributed by atoms with Gasteiger partial charge in [-0.3, -0.25) is 13.6 Å². The second kappa shape index (κ2) is 764. The summed E-state index contributed by atoms with van der Waals surface area (Å²) in [4.78, 5) is 15.5. The van der Waals surface area contributed by atoms with Crippen LogP contribution in [-0.2, 0) is 43.4 Å². The molecule has 0 atom stereocenters. The van der Waals surface area contributed by atoms with Gasteiger partial charge in [-0.2, -0.15) is 0 Å². The molecule has 0 saturated heterocycles. The van der Waals surface area contributed by atoms with Crippen LogP contribution in [0.15, 0.2) is 0 Å². The molecule has 0 aliphatic heterocycles. The minimum absolute atomic E-state index is 0. The normalized spacial score (nSPS) is 1.33. The zero-order chi connectivity index (χ0) is 4.00. The Balaban J connectivity index is -0.00000000500. The molecular formula is C2H2CoFeO2. The van der Waals surface area contributed by atoms with Crippen molar-refractivity contribution in [3.05, 3.63) is 0 Å². The van der Waals surface area contributed by atoms with E-state index in [0.717, 1.165) is 0 Å². The smallest absolute Gasteiger partial charge is 0.545 e. The molecule has 0 aromatic heterocycles. The molecule has 0 fully saturated rings. The van der Waals surface area contributed by atoms with Crippen molar-refractivity contribution in [3.8, 4) is 0 Å². The van der Waals surface area contributed by atoms with E-state index in [1.807, 2.05) is 0 Å². The Hall–Kier alpha value is 0.366. The monoisotopic (exact) mass is 173 g/mol. The van der Waals surface area contributed by atoms with Crippen LogP contribution in [0.2, 0.25) is 0 Å². The molecule has 0 aromatic carbocycles. The Morgan fingerprint density at radius 3 is 0.833 bits per heavy atom. The molecule has 0 bridgehead atoms. The molecule has 4 heteroatoms. The van der Waals surface area contributed by atoms with Gasteiger partial charge in [0.1, 0.15) is 0 Å². The van der Waals surface area contributed by atoms with Gasteiger partial charge in [-0.15, -0.1) is 0 Å². The molecule has 0 amide bonds. The minimum atomic E-state index is 0. The third kappa shape index (κ3) is 369. The van der Waals surface area contributed by atoms with Gasteiger partial charge in [0, 0.05) is 16.8 Å². The van der Waals surface area contributed by atoms with Crippen molar-refractivity contribution < 1.29 is 43.4 Å². The molecule has 0 N–H and O–H groups in total. The molecule has 0 aromatic rings. The summed E-state index contributed by atoms with van der Waals surface area (Å²) in [5, 5.41) is 0. The number of carbonyl (C=O) groups excluding carboxylic acids is 2. The summed E-state index contributed by atoms with van der Waals surface area (Å²) in [6.45, 7) is 6.50. The predicted molar refractivity (Wildman–Crippen MR) is 13.5 cm³/mol. The minimum Gasteiger partial charge on any atom is -0.545 e. The van der Waals surface area contributed by atoms with E-state index in [1.54, 1.807) is 0 Å². The van der Waals surface area contributed by atoms with E-state index in [0.29, 0.717) is 0 Å². The quantitative estimate of drug-likeness (QED) is 0.279. The van der Waals surface area contributed by atoms with Crippen LogP contribution in [0.5, 0.6) is 0 Å². The number of hydrogen-bond acceptors (Lipinski definition) is 2. The van der Waals surface area contributed by atoms with E-state index in [2.05, 4.69) is 13.6 Å². The van der Waals surface area contributed by atoms with Crippen LogP contribution in [0, 0.1) is 0 Å². The largest absolute Gasteiger partial charge is 2.00 e. The van der Waals surface area contributed by atoms with Crippen molar-refractivity contribution in [1.82, 2.24) is 0 Å². The van der Waals surface area contributed by atoms with E-state index in [1.165, 1.54) is 0 Å². The van der Waals surface area contributed by atoms with E-state index in [9.17, 15) is 0 Å². The fraction of sp³-hybridized carbons (Fsp3) is 0. The summed E-state index contributed by atoms with van der Waals surface area (Å²) in [5.74, 6) is 0. The predicted octanol–water partition coefficient (Wildman–Crippen LogP) is -0.553. The molecule has 0 aliphatic rings. The summed E-state index contributed by atoms with van der Waals surface area (Å²) in [5.41, 5.74) is 0. The summed E-state index contributed by atoms with van der Waals surface area (Å²) in [6, 6.07) is 0. The van der Waals surface area contributed by atoms with Crippen LogP contribution in [0.1, 0.15) is 0 Å². The SMILES string of the molecule is [CH-]=O.[CH-]=O.[Co].[Fe+2]. The molecule has 1 radical (unpaired) electrons. The first-order valence-electron chi connectivity index (χ1n) is 0.471. The number of hydrogen-bond donors (Lipinski definition) is 0. The van der Waals surface area contributed by atoms with Gasteiger partial charge in [0.05, 0.1) is 0 Å².